The number of rotatable bonds is 2. The lowest BCUT2D eigenvalue weighted by Crippen LogP contribution is -2.30. The number of aryl methyl sites for hydroxylation is 1. The van der Waals surface area contributed by atoms with Gasteiger partial charge in [0.25, 0.3) is 0 Å². The summed E-state index contributed by atoms with van der Waals surface area (Å²) in [4.78, 5) is 4.48. The molecule has 0 spiro atoms. The molecular formula is C18H23N3. The standard InChI is InChI=1S/C18H23N3/c1-2-8-16-14(5-1)6-3-9-17(16)21-13-20-12-18(21)15-7-4-10-19-11-15/h1-2,5,8,12-13,15,17,19H,3-4,6-7,9-11H2. The molecule has 1 aliphatic heterocycles. The molecule has 0 bridgehead atoms. The summed E-state index contributed by atoms with van der Waals surface area (Å²) in [5.74, 6) is 0.621. The van der Waals surface area contributed by atoms with Gasteiger partial charge in [0.2, 0.25) is 0 Å². The van der Waals surface area contributed by atoms with Crippen LogP contribution in [0.15, 0.2) is 36.8 Å². The average Bonchev–Trinajstić information content (AvgIpc) is 3.04. The van der Waals surface area contributed by atoms with Crippen molar-refractivity contribution in [3.8, 4) is 0 Å². The molecule has 0 radical (unpaired) electrons. The van der Waals surface area contributed by atoms with Gasteiger partial charge in [-0.05, 0) is 49.8 Å². The summed E-state index contributed by atoms with van der Waals surface area (Å²) in [7, 11) is 0. The van der Waals surface area contributed by atoms with Crippen molar-refractivity contribution in [2.75, 3.05) is 13.1 Å². The summed E-state index contributed by atoms with van der Waals surface area (Å²) in [5, 5.41) is 3.53. The first-order valence-corrected chi connectivity index (χ1v) is 8.24. The Kier molecular flexibility index (Phi) is 3.52. The zero-order valence-electron chi connectivity index (χ0n) is 12.5. The van der Waals surface area contributed by atoms with Gasteiger partial charge < -0.3 is 9.88 Å². The molecule has 2 aromatic rings. The zero-order valence-corrected chi connectivity index (χ0v) is 12.5. The van der Waals surface area contributed by atoms with E-state index >= 15 is 0 Å². The van der Waals surface area contributed by atoms with Gasteiger partial charge in [0.15, 0.2) is 0 Å². The van der Waals surface area contributed by atoms with Crippen molar-refractivity contribution in [2.24, 2.45) is 0 Å². The average molecular weight is 281 g/mol. The van der Waals surface area contributed by atoms with Crippen LogP contribution >= 0.6 is 0 Å². The predicted octanol–water partition coefficient (Wildman–Crippen LogP) is 3.28. The molecule has 0 saturated carbocycles. The second-order valence-electron chi connectivity index (χ2n) is 6.38. The molecule has 1 saturated heterocycles. The van der Waals surface area contributed by atoms with E-state index in [-0.39, 0.29) is 0 Å². The zero-order chi connectivity index (χ0) is 14.1. The van der Waals surface area contributed by atoms with Crippen molar-refractivity contribution >= 4 is 0 Å². The van der Waals surface area contributed by atoms with E-state index in [1.54, 1.807) is 0 Å². The maximum absolute atomic E-state index is 4.48. The van der Waals surface area contributed by atoms with Gasteiger partial charge in [-0.1, -0.05) is 24.3 Å². The maximum atomic E-state index is 4.48. The fourth-order valence-corrected chi connectivity index (χ4v) is 4.01. The van der Waals surface area contributed by atoms with E-state index in [1.165, 1.54) is 48.9 Å². The summed E-state index contributed by atoms with van der Waals surface area (Å²) >= 11 is 0. The molecule has 2 aliphatic rings. The summed E-state index contributed by atoms with van der Waals surface area (Å²) in [6, 6.07) is 9.42. The van der Waals surface area contributed by atoms with Gasteiger partial charge in [0, 0.05) is 24.4 Å². The third kappa shape index (κ3) is 2.40. The molecule has 2 heterocycles. The Morgan fingerprint density at radius 1 is 1.14 bits per heavy atom. The van der Waals surface area contributed by atoms with Crippen LogP contribution in [0.25, 0.3) is 0 Å². The molecule has 1 N–H and O–H groups in total. The van der Waals surface area contributed by atoms with Crippen LogP contribution in [0.1, 0.15) is 54.5 Å². The van der Waals surface area contributed by atoms with Gasteiger partial charge in [-0.25, -0.2) is 4.98 Å². The molecule has 1 aromatic carbocycles. The Hall–Kier alpha value is -1.61. The van der Waals surface area contributed by atoms with E-state index < -0.39 is 0 Å². The number of fused-ring (bicyclic) bond motifs is 1. The van der Waals surface area contributed by atoms with Crippen molar-refractivity contribution < 1.29 is 0 Å². The summed E-state index contributed by atoms with van der Waals surface area (Å²) in [5.41, 5.74) is 4.45. The SMILES string of the molecule is c1ccc2c(c1)CCCC2n1cncc1C1CCCNC1. The van der Waals surface area contributed by atoms with Gasteiger partial charge in [0.1, 0.15) is 0 Å². The summed E-state index contributed by atoms with van der Waals surface area (Å²) < 4.78 is 2.45. The van der Waals surface area contributed by atoms with Crippen LogP contribution in [-0.2, 0) is 6.42 Å². The Balaban J connectivity index is 1.70. The summed E-state index contributed by atoms with van der Waals surface area (Å²) in [6.07, 6.45) is 10.4. The number of hydrogen-bond acceptors (Lipinski definition) is 2. The van der Waals surface area contributed by atoms with E-state index in [2.05, 4.69) is 51.7 Å². The van der Waals surface area contributed by atoms with E-state index in [4.69, 9.17) is 0 Å². The van der Waals surface area contributed by atoms with Crippen LogP contribution in [0.2, 0.25) is 0 Å². The van der Waals surface area contributed by atoms with Crippen molar-refractivity contribution in [1.82, 2.24) is 14.9 Å². The van der Waals surface area contributed by atoms with Crippen LogP contribution in [-0.4, -0.2) is 22.6 Å². The van der Waals surface area contributed by atoms with E-state index in [0.29, 0.717) is 12.0 Å². The molecule has 2 unspecified atom stereocenters. The number of imidazole rings is 1. The lowest BCUT2D eigenvalue weighted by atomic mass is 9.87. The van der Waals surface area contributed by atoms with Gasteiger partial charge in [-0.15, -0.1) is 0 Å². The van der Waals surface area contributed by atoms with Crippen molar-refractivity contribution in [1.29, 1.82) is 0 Å². The topological polar surface area (TPSA) is 29.9 Å². The number of piperidine rings is 1. The normalized spacial score (nSPS) is 25.5. The first kappa shape index (κ1) is 13.1. The lowest BCUT2D eigenvalue weighted by Gasteiger charge is -2.31. The van der Waals surface area contributed by atoms with Crippen molar-refractivity contribution in [3.05, 3.63) is 53.6 Å². The quantitative estimate of drug-likeness (QED) is 0.915. The molecule has 2 atom stereocenters. The van der Waals surface area contributed by atoms with E-state index in [0.717, 1.165) is 13.1 Å². The minimum Gasteiger partial charge on any atom is -0.327 e. The molecule has 4 rings (SSSR count). The van der Waals surface area contributed by atoms with Gasteiger partial charge in [-0.2, -0.15) is 0 Å². The number of benzene rings is 1. The minimum atomic E-state index is 0.481. The summed E-state index contributed by atoms with van der Waals surface area (Å²) in [6.45, 7) is 2.26. The molecule has 110 valence electrons. The molecule has 3 nitrogen and oxygen atoms in total. The highest BCUT2D eigenvalue weighted by Gasteiger charge is 2.26. The first-order chi connectivity index (χ1) is 10.4. The minimum absolute atomic E-state index is 0.481. The number of nitrogens with one attached hydrogen (secondary N) is 1. The number of hydrogen-bond donors (Lipinski definition) is 1. The molecule has 1 aliphatic carbocycles. The van der Waals surface area contributed by atoms with Gasteiger partial charge in [-0.3, -0.25) is 0 Å². The van der Waals surface area contributed by atoms with E-state index in [1.807, 2.05) is 0 Å². The third-order valence-corrected chi connectivity index (χ3v) is 5.08. The highest BCUT2D eigenvalue weighted by atomic mass is 15.1. The number of nitrogens with zero attached hydrogens (tertiary/aromatic N) is 2. The highest BCUT2D eigenvalue weighted by molar-refractivity contribution is 5.33. The smallest absolute Gasteiger partial charge is 0.0954 e. The largest absolute Gasteiger partial charge is 0.327 e. The Morgan fingerprint density at radius 3 is 3.00 bits per heavy atom. The third-order valence-electron chi connectivity index (χ3n) is 5.08. The maximum Gasteiger partial charge on any atom is 0.0954 e. The Bertz CT molecular complexity index is 610. The fourth-order valence-electron chi connectivity index (χ4n) is 4.01. The first-order valence-electron chi connectivity index (χ1n) is 8.24. The van der Waals surface area contributed by atoms with E-state index in [9.17, 15) is 0 Å². The van der Waals surface area contributed by atoms with Gasteiger partial charge >= 0.3 is 0 Å². The molecule has 21 heavy (non-hydrogen) atoms. The molecule has 1 fully saturated rings. The predicted molar refractivity (Wildman–Crippen MR) is 84.6 cm³/mol. The van der Waals surface area contributed by atoms with Crippen LogP contribution < -0.4 is 5.32 Å². The number of aromatic nitrogens is 2. The Labute approximate surface area is 126 Å². The second-order valence-corrected chi connectivity index (χ2v) is 6.38. The molecule has 0 amide bonds. The van der Waals surface area contributed by atoms with Crippen LogP contribution in [0.5, 0.6) is 0 Å². The highest BCUT2D eigenvalue weighted by Crippen LogP contribution is 2.35. The van der Waals surface area contributed by atoms with Crippen LogP contribution in [0.3, 0.4) is 0 Å². The Morgan fingerprint density at radius 2 is 2.10 bits per heavy atom. The van der Waals surface area contributed by atoms with Gasteiger partial charge in [0.05, 0.1) is 12.4 Å². The van der Waals surface area contributed by atoms with Crippen molar-refractivity contribution in [2.45, 2.75) is 44.1 Å². The molecule has 3 heteroatoms. The van der Waals surface area contributed by atoms with Crippen LogP contribution in [0, 0.1) is 0 Å². The molecule has 1 aromatic heterocycles. The van der Waals surface area contributed by atoms with Crippen molar-refractivity contribution in [3.63, 3.8) is 0 Å². The fraction of sp³-hybridized carbons (Fsp3) is 0.500. The monoisotopic (exact) mass is 281 g/mol. The molecular weight excluding hydrogens is 258 g/mol. The lowest BCUT2D eigenvalue weighted by molar-refractivity contribution is 0.414. The van der Waals surface area contributed by atoms with Crippen LogP contribution in [0.4, 0.5) is 0 Å². The second kappa shape index (κ2) is 5.64.